The number of nitrogens with zero attached hydrogens (tertiary/aromatic N) is 1. The van der Waals surface area contributed by atoms with Gasteiger partial charge in [-0.05, 0) is 31.1 Å². The standard InChI is InChI=1S/C12H25BrN2O2S/c1-10(2)12(4-7-13)14-18(16,17)15-8-5-11(3)6-9-15/h10-12,14H,4-9H2,1-3H3. The molecule has 0 bridgehead atoms. The second-order valence-electron chi connectivity index (χ2n) is 5.53. The second kappa shape index (κ2) is 7.22. The highest BCUT2D eigenvalue weighted by molar-refractivity contribution is 9.09. The van der Waals surface area contributed by atoms with Gasteiger partial charge in [0.1, 0.15) is 0 Å². The minimum Gasteiger partial charge on any atom is -0.199 e. The molecule has 108 valence electrons. The molecule has 18 heavy (non-hydrogen) atoms. The van der Waals surface area contributed by atoms with E-state index in [1.807, 2.05) is 13.8 Å². The van der Waals surface area contributed by atoms with Crippen LogP contribution in [-0.4, -0.2) is 37.2 Å². The maximum absolute atomic E-state index is 12.3. The number of piperidine rings is 1. The molecule has 0 aromatic heterocycles. The molecule has 1 rings (SSSR count). The molecule has 0 aromatic rings. The average molecular weight is 341 g/mol. The van der Waals surface area contributed by atoms with Crippen molar-refractivity contribution in [3.8, 4) is 0 Å². The molecule has 0 saturated carbocycles. The highest BCUT2D eigenvalue weighted by atomic mass is 79.9. The monoisotopic (exact) mass is 340 g/mol. The molecule has 1 aliphatic rings. The van der Waals surface area contributed by atoms with Crippen LogP contribution in [0.4, 0.5) is 0 Å². The maximum atomic E-state index is 12.3. The molecule has 1 fully saturated rings. The lowest BCUT2D eigenvalue weighted by Gasteiger charge is -2.32. The van der Waals surface area contributed by atoms with Crippen LogP contribution in [0.5, 0.6) is 0 Å². The van der Waals surface area contributed by atoms with Crippen molar-refractivity contribution >= 4 is 26.1 Å². The Morgan fingerprint density at radius 2 is 1.89 bits per heavy atom. The van der Waals surface area contributed by atoms with Crippen LogP contribution in [0.1, 0.15) is 40.0 Å². The van der Waals surface area contributed by atoms with E-state index in [-0.39, 0.29) is 6.04 Å². The van der Waals surface area contributed by atoms with Crippen molar-refractivity contribution < 1.29 is 8.42 Å². The summed E-state index contributed by atoms with van der Waals surface area (Å²) in [5.41, 5.74) is 0. The maximum Gasteiger partial charge on any atom is 0.279 e. The zero-order valence-corrected chi connectivity index (χ0v) is 13.9. The third-order valence-corrected chi connectivity index (χ3v) is 5.71. The molecule has 4 nitrogen and oxygen atoms in total. The van der Waals surface area contributed by atoms with Crippen LogP contribution in [0.15, 0.2) is 0 Å². The van der Waals surface area contributed by atoms with E-state index in [1.54, 1.807) is 4.31 Å². The van der Waals surface area contributed by atoms with Crippen molar-refractivity contribution in [2.45, 2.75) is 46.1 Å². The van der Waals surface area contributed by atoms with Gasteiger partial charge in [-0.25, -0.2) is 0 Å². The SMILES string of the molecule is CC1CCN(S(=O)(=O)NC(CCBr)C(C)C)CC1. The molecule has 0 aliphatic carbocycles. The lowest BCUT2D eigenvalue weighted by Crippen LogP contribution is -2.49. The smallest absolute Gasteiger partial charge is 0.199 e. The quantitative estimate of drug-likeness (QED) is 0.754. The molecule has 1 heterocycles. The fourth-order valence-electron chi connectivity index (χ4n) is 2.14. The molecule has 1 saturated heterocycles. The first-order chi connectivity index (χ1) is 8.36. The highest BCUT2D eigenvalue weighted by Gasteiger charge is 2.29. The van der Waals surface area contributed by atoms with Gasteiger partial charge in [-0.1, -0.05) is 36.7 Å². The molecule has 6 heteroatoms. The third-order valence-electron chi connectivity index (χ3n) is 3.61. The fourth-order valence-corrected chi connectivity index (χ4v) is 4.24. The van der Waals surface area contributed by atoms with Crippen molar-refractivity contribution in [2.75, 3.05) is 18.4 Å². The van der Waals surface area contributed by atoms with Gasteiger partial charge in [0, 0.05) is 24.5 Å². The van der Waals surface area contributed by atoms with Crippen molar-refractivity contribution in [3.05, 3.63) is 0 Å². The zero-order valence-electron chi connectivity index (χ0n) is 11.5. The summed E-state index contributed by atoms with van der Waals surface area (Å²) in [6, 6.07) is 0.00808. The van der Waals surface area contributed by atoms with Crippen LogP contribution in [0.25, 0.3) is 0 Å². The summed E-state index contributed by atoms with van der Waals surface area (Å²) in [5, 5.41) is 0.815. The molecule has 1 atom stereocenters. The van der Waals surface area contributed by atoms with Crippen molar-refractivity contribution in [3.63, 3.8) is 0 Å². The summed E-state index contributed by atoms with van der Waals surface area (Å²) in [7, 11) is -3.31. The summed E-state index contributed by atoms with van der Waals surface area (Å²) in [4.78, 5) is 0. The number of alkyl halides is 1. The first-order valence-electron chi connectivity index (χ1n) is 6.70. The molecule has 1 N–H and O–H groups in total. The Morgan fingerprint density at radius 3 is 2.33 bits per heavy atom. The molecule has 1 unspecified atom stereocenters. The number of hydrogen-bond donors (Lipinski definition) is 1. The van der Waals surface area contributed by atoms with Gasteiger partial charge in [0.15, 0.2) is 0 Å². The van der Waals surface area contributed by atoms with E-state index in [2.05, 4.69) is 27.6 Å². The predicted octanol–water partition coefficient (Wildman–Crippen LogP) is 2.36. The van der Waals surface area contributed by atoms with Crippen LogP contribution in [0.3, 0.4) is 0 Å². The van der Waals surface area contributed by atoms with Gasteiger partial charge < -0.3 is 0 Å². The number of rotatable bonds is 6. The normalized spacial score (nSPS) is 21.4. The van der Waals surface area contributed by atoms with Gasteiger partial charge in [-0.3, -0.25) is 0 Å². The Hall–Kier alpha value is 0.350. The molecular weight excluding hydrogens is 316 g/mol. The first-order valence-corrected chi connectivity index (χ1v) is 9.26. The van der Waals surface area contributed by atoms with Gasteiger partial charge >= 0.3 is 0 Å². The molecule has 0 radical (unpaired) electrons. The molecule has 0 spiro atoms. The summed E-state index contributed by atoms with van der Waals surface area (Å²) in [6.07, 6.45) is 2.75. The van der Waals surface area contributed by atoms with Crippen molar-refractivity contribution in [1.29, 1.82) is 0 Å². The Bertz CT molecular complexity index is 338. The summed E-state index contributed by atoms with van der Waals surface area (Å²) in [5.74, 6) is 0.945. The molecule has 0 amide bonds. The van der Waals surface area contributed by atoms with Crippen molar-refractivity contribution in [1.82, 2.24) is 9.03 Å². The Balaban J connectivity index is 2.62. The summed E-state index contributed by atoms with van der Waals surface area (Å²) in [6.45, 7) is 7.58. The average Bonchev–Trinajstić information content (AvgIpc) is 2.28. The lowest BCUT2D eigenvalue weighted by atomic mass is 10.0. The topological polar surface area (TPSA) is 49.4 Å². The fraction of sp³-hybridized carbons (Fsp3) is 1.00. The van der Waals surface area contributed by atoms with Gasteiger partial charge in [-0.15, -0.1) is 0 Å². The number of halogens is 1. The van der Waals surface area contributed by atoms with Crippen LogP contribution < -0.4 is 4.72 Å². The van der Waals surface area contributed by atoms with Crippen LogP contribution in [-0.2, 0) is 10.2 Å². The Morgan fingerprint density at radius 1 is 1.33 bits per heavy atom. The van der Waals surface area contributed by atoms with Gasteiger partial charge in [0.25, 0.3) is 10.2 Å². The Kier molecular flexibility index (Phi) is 6.58. The van der Waals surface area contributed by atoms with Crippen LogP contribution in [0.2, 0.25) is 0 Å². The number of hydrogen-bond acceptors (Lipinski definition) is 2. The summed E-state index contributed by atoms with van der Waals surface area (Å²) < 4.78 is 29.0. The zero-order chi connectivity index (χ0) is 13.8. The minimum absolute atomic E-state index is 0.00808. The van der Waals surface area contributed by atoms with E-state index in [0.717, 1.165) is 24.6 Å². The summed E-state index contributed by atoms with van der Waals surface area (Å²) >= 11 is 3.38. The molecule has 1 aliphatic heterocycles. The van der Waals surface area contributed by atoms with E-state index in [4.69, 9.17) is 0 Å². The van der Waals surface area contributed by atoms with E-state index in [1.165, 1.54) is 0 Å². The lowest BCUT2D eigenvalue weighted by molar-refractivity contribution is 0.280. The van der Waals surface area contributed by atoms with Gasteiger partial charge in [0.2, 0.25) is 0 Å². The first kappa shape index (κ1) is 16.4. The highest BCUT2D eigenvalue weighted by Crippen LogP contribution is 2.19. The second-order valence-corrected chi connectivity index (χ2v) is 8.03. The van der Waals surface area contributed by atoms with E-state index >= 15 is 0 Å². The van der Waals surface area contributed by atoms with Gasteiger partial charge in [0.05, 0.1) is 0 Å². The number of nitrogens with one attached hydrogen (secondary N) is 1. The van der Waals surface area contributed by atoms with E-state index < -0.39 is 10.2 Å². The van der Waals surface area contributed by atoms with Gasteiger partial charge in [-0.2, -0.15) is 17.4 Å². The van der Waals surface area contributed by atoms with Crippen molar-refractivity contribution in [2.24, 2.45) is 11.8 Å². The third kappa shape index (κ3) is 4.79. The van der Waals surface area contributed by atoms with E-state index in [9.17, 15) is 8.42 Å². The molecule has 0 aromatic carbocycles. The predicted molar refractivity (Wildman–Crippen MR) is 79.1 cm³/mol. The van der Waals surface area contributed by atoms with Crippen LogP contribution in [0, 0.1) is 11.8 Å². The molecular formula is C12H25BrN2O2S. The van der Waals surface area contributed by atoms with E-state index in [0.29, 0.717) is 24.9 Å². The van der Waals surface area contributed by atoms with Crippen LogP contribution >= 0.6 is 15.9 Å². The Labute approximate surface area is 120 Å². The largest absolute Gasteiger partial charge is 0.279 e. The minimum atomic E-state index is -3.31.